The second-order valence-electron chi connectivity index (χ2n) is 2.93. The van der Waals surface area contributed by atoms with Gasteiger partial charge in [-0.2, -0.15) is 0 Å². The molecule has 0 spiro atoms. The van der Waals surface area contributed by atoms with Crippen LogP contribution in [0.4, 0.5) is 0 Å². The van der Waals surface area contributed by atoms with Gasteiger partial charge >= 0.3 is 7.12 Å². The molecule has 2 aromatic rings. The van der Waals surface area contributed by atoms with E-state index in [1.807, 2.05) is 6.07 Å². The molecule has 2 N–H and O–H groups in total. The van der Waals surface area contributed by atoms with E-state index >= 15 is 0 Å². The van der Waals surface area contributed by atoms with Gasteiger partial charge in [0, 0.05) is 24.1 Å². The van der Waals surface area contributed by atoms with Gasteiger partial charge in [-0.1, -0.05) is 6.07 Å². The van der Waals surface area contributed by atoms with Gasteiger partial charge in [-0.3, -0.25) is 4.98 Å². The predicted molar refractivity (Wildman–Crippen MR) is 55.1 cm³/mol. The lowest BCUT2D eigenvalue weighted by molar-refractivity contribution is 0.425. The third-order valence-electron chi connectivity index (χ3n) is 1.86. The quantitative estimate of drug-likeness (QED) is 0.623. The minimum Gasteiger partial charge on any atom is -0.423 e. The molecule has 2 aromatic heterocycles. The highest BCUT2D eigenvalue weighted by atomic mass is 16.4. The molecule has 0 amide bonds. The molecule has 2 rings (SSSR count). The highest BCUT2D eigenvalue weighted by molar-refractivity contribution is 6.58. The minimum absolute atomic E-state index is 0.259. The SMILES string of the molecule is OB(O)c1cnc(-c2ccccn2)nc1. The van der Waals surface area contributed by atoms with E-state index < -0.39 is 7.12 Å². The van der Waals surface area contributed by atoms with Crippen molar-refractivity contribution < 1.29 is 10.0 Å². The summed E-state index contributed by atoms with van der Waals surface area (Å²) in [5.74, 6) is 0.458. The van der Waals surface area contributed by atoms with Crippen LogP contribution in [0, 0.1) is 0 Å². The van der Waals surface area contributed by atoms with E-state index in [1.165, 1.54) is 12.4 Å². The van der Waals surface area contributed by atoms with Crippen LogP contribution in [0.5, 0.6) is 0 Å². The molecule has 15 heavy (non-hydrogen) atoms. The Labute approximate surface area is 86.6 Å². The van der Waals surface area contributed by atoms with Gasteiger partial charge in [0.1, 0.15) is 5.69 Å². The number of hydrogen-bond donors (Lipinski definition) is 2. The second-order valence-corrected chi connectivity index (χ2v) is 2.93. The predicted octanol–water partition coefficient (Wildman–Crippen LogP) is -0.782. The van der Waals surface area contributed by atoms with Crippen LogP contribution in [-0.2, 0) is 0 Å². The summed E-state index contributed by atoms with van der Waals surface area (Å²) in [6.07, 6.45) is 4.37. The molecular formula is C9H8BN3O2. The first-order chi connectivity index (χ1) is 7.27. The van der Waals surface area contributed by atoms with Crippen LogP contribution >= 0.6 is 0 Å². The molecule has 0 radical (unpaired) electrons. The fraction of sp³-hybridized carbons (Fsp3) is 0. The molecular weight excluding hydrogens is 193 g/mol. The first-order valence-electron chi connectivity index (χ1n) is 4.37. The third kappa shape index (κ3) is 2.17. The average molecular weight is 201 g/mol. The Morgan fingerprint density at radius 1 is 1.00 bits per heavy atom. The van der Waals surface area contributed by atoms with Crippen molar-refractivity contribution in [1.82, 2.24) is 15.0 Å². The molecule has 0 aliphatic rings. The molecule has 0 aromatic carbocycles. The van der Waals surface area contributed by atoms with Gasteiger partial charge in [-0.05, 0) is 12.1 Å². The lowest BCUT2D eigenvalue weighted by Crippen LogP contribution is -2.30. The van der Waals surface area contributed by atoms with Crippen molar-refractivity contribution in [1.29, 1.82) is 0 Å². The molecule has 0 aliphatic heterocycles. The highest BCUT2D eigenvalue weighted by Gasteiger charge is 2.12. The Morgan fingerprint density at radius 3 is 2.27 bits per heavy atom. The van der Waals surface area contributed by atoms with Crippen LogP contribution in [0.25, 0.3) is 11.5 Å². The van der Waals surface area contributed by atoms with Gasteiger partial charge in [0.25, 0.3) is 0 Å². The van der Waals surface area contributed by atoms with Crippen LogP contribution in [0.2, 0.25) is 0 Å². The molecule has 2 heterocycles. The monoisotopic (exact) mass is 201 g/mol. The van der Waals surface area contributed by atoms with E-state index in [4.69, 9.17) is 10.0 Å². The summed E-state index contributed by atoms with van der Waals surface area (Å²) in [5.41, 5.74) is 0.908. The molecule has 0 bridgehead atoms. The normalized spacial score (nSPS) is 10.0. The number of pyridine rings is 1. The van der Waals surface area contributed by atoms with Gasteiger partial charge in [0.15, 0.2) is 5.82 Å². The maximum Gasteiger partial charge on any atom is 0.491 e. The second kappa shape index (κ2) is 4.16. The van der Waals surface area contributed by atoms with Gasteiger partial charge < -0.3 is 10.0 Å². The van der Waals surface area contributed by atoms with Crippen LogP contribution in [0.15, 0.2) is 36.8 Å². The maximum absolute atomic E-state index is 8.85. The van der Waals surface area contributed by atoms with E-state index in [2.05, 4.69) is 15.0 Å². The summed E-state index contributed by atoms with van der Waals surface area (Å²) in [6, 6.07) is 5.42. The fourth-order valence-corrected chi connectivity index (χ4v) is 1.10. The van der Waals surface area contributed by atoms with Crippen molar-refractivity contribution in [2.24, 2.45) is 0 Å². The Kier molecular flexibility index (Phi) is 2.71. The van der Waals surface area contributed by atoms with Gasteiger partial charge in [-0.25, -0.2) is 9.97 Å². The Bertz CT molecular complexity index is 433. The summed E-state index contributed by atoms with van der Waals surface area (Å²) in [5, 5.41) is 17.7. The molecule has 0 saturated heterocycles. The van der Waals surface area contributed by atoms with Crippen molar-refractivity contribution >= 4 is 12.6 Å². The lowest BCUT2D eigenvalue weighted by Gasteiger charge is -2.00. The van der Waals surface area contributed by atoms with Crippen molar-refractivity contribution in [2.45, 2.75) is 0 Å². The standard InChI is InChI=1S/C9H8BN3O2/c14-10(15)7-5-12-9(13-6-7)8-3-1-2-4-11-8/h1-6,14-15H. The number of rotatable bonds is 2. The van der Waals surface area contributed by atoms with E-state index in [9.17, 15) is 0 Å². The largest absolute Gasteiger partial charge is 0.491 e. The smallest absolute Gasteiger partial charge is 0.423 e. The molecule has 0 unspecified atom stereocenters. The van der Waals surface area contributed by atoms with Gasteiger partial charge in [0.2, 0.25) is 0 Å². The summed E-state index contributed by atoms with van der Waals surface area (Å²) >= 11 is 0. The molecule has 0 aliphatic carbocycles. The molecule has 0 atom stereocenters. The first kappa shape index (κ1) is 9.76. The average Bonchev–Trinajstić information content (AvgIpc) is 2.30. The fourth-order valence-electron chi connectivity index (χ4n) is 1.10. The van der Waals surface area contributed by atoms with E-state index in [-0.39, 0.29) is 5.46 Å². The zero-order chi connectivity index (χ0) is 10.7. The van der Waals surface area contributed by atoms with Gasteiger partial charge in [0.05, 0.1) is 0 Å². The number of nitrogens with zero attached hydrogens (tertiary/aromatic N) is 3. The minimum atomic E-state index is -1.54. The third-order valence-corrected chi connectivity index (χ3v) is 1.86. The Morgan fingerprint density at radius 2 is 1.73 bits per heavy atom. The van der Waals surface area contributed by atoms with Crippen LogP contribution in [-0.4, -0.2) is 32.1 Å². The maximum atomic E-state index is 8.85. The molecule has 0 saturated carbocycles. The first-order valence-corrected chi connectivity index (χ1v) is 4.37. The number of hydrogen-bond acceptors (Lipinski definition) is 5. The lowest BCUT2D eigenvalue weighted by atomic mass is 9.83. The molecule has 6 heteroatoms. The van der Waals surface area contributed by atoms with Crippen LogP contribution in [0.1, 0.15) is 0 Å². The molecule has 74 valence electrons. The summed E-state index contributed by atoms with van der Waals surface area (Å²) in [4.78, 5) is 12.0. The van der Waals surface area contributed by atoms with Crippen LogP contribution < -0.4 is 5.46 Å². The number of aromatic nitrogens is 3. The van der Waals surface area contributed by atoms with E-state index in [0.717, 1.165) is 0 Å². The Hall–Kier alpha value is -1.79. The van der Waals surface area contributed by atoms with Crippen LogP contribution in [0.3, 0.4) is 0 Å². The van der Waals surface area contributed by atoms with E-state index in [1.54, 1.807) is 18.3 Å². The topological polar surface area (TPSA) is 79.1 Å². The summed E-state index contributed by atoms with van der Waals surface area (Å²) < 4.78 is 0. The highest BCUT2D eigenvalue weighted by Crippen LogP contribution is 2.07. The van der Waals surface area contributed by atoms with Crippen molar-refractivity contribution in [2.75, 3.05) is 0 Å². The Balaban J connectivity index is 2.32. The van der Waals surface area contributed by atoms with Crippen molar-refractivity contribution in [3.63, 3.8) is 0 Å². The van der Waals surface area contributed by atoms with Gasteiger partial charge in [-0.15, -0.1) is 0 Å². The zero-order valence-corrected chi connectivity index (χ0v) is 7.78. The summed E-state index contributed by atoms with van der Waals surface area (Å²) in [7, 11) is -1.54. The molecule has 5 nitrogen and oxygen atoms in total. The zero-order valence-electron chi connectivity index (χ0n) is 7.78. The van der Waals surface area contributed by atoms with E-state index in [0.29, 0.717) is 11.5 Å². The van der Waals surface area contributed by atoms with Crippen molar-refractivity contribution in [3.05, 3.63) is 36.8 Å². The summed E-state index contributed by atoms with van der Waals surface area (Å²) in [6.45, 7) is 0. The molecule has 0 fully saturated rings. The van der Waals surface area contributed by atoms with Crippen molar-refractivity contribution in [3.8, 4) is 11.5 Å².